The Morgan fingerprint density at radius 2 is 2.04 bits per heavy atom. The molecule has 0 saturated heterocycles. The number of ether oxygens (including phenoxy) is 1. The number of hydrogen-bond donors (Lipinski definition) is 0. The van der Waals surface area contributed by atoms with Gasteiger partial charge in [-0.3, -0.25) is 9.78 Å². The van der Waals surface area contributed by atoms with Gasteiger partial charge in [-0.1, -0.05) is 0 Å². The molecule has 1 aromatic carbocycles. The largest absolute Gasteiger partial charge is 0.484 e. The molecule has 0 saturated carbocycles. The van der Waals surface area contributed by atoms with Crippen LogP contribution >= 0.6 is 11.3 Å². The van der Waals surface area contributed by atoms with Gasteiger partial charge in [0.1, 0.15) is 23.2 Å². The molecule has 0 radical (unpaired) electrons. The molecule has 0 fully saturated rings. The van der Waals surface area contributed by atoms with Crippen LogP contribution in [0.25, 0.3) is 11.3 Å². The SMILES string of the molecule is CC(=O)c1ccncc1OCc1nc(-c2ccc(F)cc2)cs1. The van der Waals surface area contributed by atoms with Crippen molar-refractivity contribution >= 4 is 17.1 Å². The second-order valence-corrected chi connectivity index (χ2v) is 5.79. The van der Waals surface area contributed by atoms with Crippen LogP contribution < -0.4 is 4.74 Å². The minimum absolute atomic E-state index is 0.0754. The molecule has 0 unspecified atom stereocenters. The Labute approximate surface area is 136 Å². The van der Waals surface area contributed by atoms with Crippen molar-refractivity contribution in [1.29, 1.82) is 0 Å². The Morgan fingerprint density at radius 3 is 2.78 bits per heavy atom. The number of thiazole rings is 1. The van der Waals surface area contributed by atoms with Crippen LogP contribution in [0.2, 0.25) is 0 Å². The van der Waals surface area contributed by atoms with Gasteiger partial charge < -0.3 is 4.74 Å². The van der Waals surface area contributed by atoms with E-state index in [-0.39, 0.29) is 18.2 Å². The lowest BCUT2D eigenvalue weighted by Crippen LogP contribution is -2.02. The Morgan fingerprint density at radius 1 is 1.26 bits per heavy atom. The lowest BCUT2D eigenvalue weighted by molar-refractivity contribution is 0.101. The highest BCUT2D eigenvalue weighted by Gasteiger charge is 2.10. The third kappa shape index (κ3) is 3.60. The van der Waals surface area contributed by atoms with Crippen LogP contribution in [0.5, 0.6) is 5.75 Å². The first-order valence-electron chi connectivity index (χ1n) is 6.91. The topological polar surface area (TPSA) is 52.1 Å². The summed E-state index contributed by atoms with van der Waals surface area (Å²) >= 11 is 1.45. The Bertz CT molecular complexity index is 831. The molecular weight excluding hydrogens is 315 g/mol. The molecule has 4 nitrogen and oxygen atoms in total. The molecule has 0 N–H and O–H groups in total. The zero-order chi connectivity index (χ0) is 16.2. The number of aromatic nitrogens is 2. The highest BCUT2D eigenvalue weighted by molar-refractivity contribution is 7.09. The summed E-state index contributed by atoms with van der Waals surface area (Å²) in [5.41, 5.74) is 2.11. The Kier molecular flexibility index (Phi) is 4.43. The number of carbonyl (C=O) groups is 1. The van der Waals surface area contributed by atoms with Gasteiger partial charge in [-0.15, -0.1) is 11.3 Å². The van der Waals surface area contributed by atoms with E-state index in [2.05, 4.69) is 9.97 Å². The van der Waals surface area contributed by atoms with Gasteiger partial charge in [-0.25, -0.2) is 9.37 Å². The molecule has 0 aliphatic rings. The van der Waals surface area contributed by atoms with Crippen LogP contribution in [0.4, 0.5) is 4.39 Å². The molecule has 3 aromatic rings. The van der Waals surface area contributed by atoms with Crippen LogP contribution in [0, 0.1) is 5.82 Å². The molecule has 0 spiro atoms. The van der Waals surface area contributed by atoms with Gasteiger partial charge in [-0.05, 0) is 37.3 Å². The Balaban J connectivity index is 1.73. The fraction of sp³-hybridized carbons (Fsp3) is 0.118. The maximum Gasteiger partial charge on any atom is 0.163 e. The maximum absolute atomic E-state index is 12.9. The highest BCUT2D eigenvalue weighted by Crippen LogP contribution is 2.24. The van der Waals surface area contributed by atoms with E-state index >= 15 is 0 Å². The van der Waals surface area contributed by atoms with E-state index in [9.17, 15) is 9.18 Å². The molecule has 23 heavy (non-hydrogen) atoms. The predicted molar refractivity (Wildman–Crippen MR) is 86.1 cm³/mol. The van der Waals surface area contributed by atoms with Gasteiger partial charge >= 0.3 is 0 Å². The van der Waals surface area contributed by atoms with Crippen molar-refractivity contribution in [2.24, 2.45) is 0 Å². The Hall–Kier alpha value is -2.60. The molecule has 2 heterocycles. The van der Waals surface area contributed by atoms with Crippen LogP contribution in [-0.4, -0.2) is 15.8 Å². The quantitative estimate of drug-likeness (QED) is 0.661. The molecule has 116 valence electrons. The highest BCUT2D eigenvalue weighted by atomic mass is 32.1. The van der Waals surface area contributed by atoms with Gasteiger partial charge in [0.15, 0.2) is 5.78 Å². The van der Waals surface area contributed by atoms with Gasteiger partial charge in [-0.2, -0.15) is 0 Å². The average Bonchev–Trinajstić information content (AvgIpc) is 3.03. The van der Waals surface area contributed by atoms with E-state index in [0.29, 0.717) is 11.3 Å². The van der Waals surface area contributed by atoms with Crippen LogP contribution in [0.15, 0.2) is 48.1 Å². The molecule has 0 amide bonds. The summed E-state index contributed by atoms with van der Waals surface area (Å²) in [7, 11) is 0. The molecule has 3 rings (SSSR count). The smallest absolute Gasteiger partial charge is 0.163 e. The van der Waals surface area contributed by atoms with E-state index in [4.69, 9.17) is 4.74 Å². The van der Waals surface area contributed by atoms with Crippen LogP contribution in [0.3, 0.4) is 0 Å². The van der Waals surface area contributed by atoms with E-state index in [1.807, 2.05) is 5.38 Å². The summed E-state index contributed by atoms with van der Waals surface area (Å²) in [6.07, 6.45) is 3.07. The van der Waals surface area contributed by atoms with Gasteiger partial charge in [0.25, 0.3) is 0 Å². The second-order valence-electron chi connectivity index (χ2n) is 4.85. The minimum atomic E-state index is -0.277. The number of benzene rings is 1. The van der Waals surface area contributed by atoms with Crippen molar-refractivity contribution in [2.45, 2.75) is 13.5 Å². The zero-order valence-corrected chi connectivity index (χ0v) is 13.1. The summed E-state index contributed by atoms with van der Waals surface area (Å²) in [6.45, 7) is 1.73. The number of halogens is 1. The van der Waals surface area contributed by atoms with Crippen LogP contribution in [-0.2, 0) is 6.61 Å². The fourth-order valence-electron chi connectivity index (χ4n) is 2.06. The monoisotopic (exact) mass is 328 g/mol. The summed E-state index contributed by atoms with van der Waals surface area (Å²) in [6, 6.07) is 7.80. The number of nitrogens with zero attached hydrogens (tertiary/aromatic N) is 2. The number of pyridine rings is 1. The fourth-order valence-corrected chi connectivity index (χ4v) is 2.77. The van der Waals surface area contributed by atoms with Crippen LogP contribution in [0.1, 0.15) is 22.3 Å². The molecule has 0 bridgehead atoms. The van der Waals surface area contributed by atoms with Gasteiger partial charge in [0.2, 0.25) is 0 Å². The lowest BCUT2D eigenvalue weighted by atomic mass is 10.2. The standard InChI is InChI=1S/C17H13FN2O2S/c1-11(21)14-6-7-19-8-16(14)22-9-17-20-15(10-23-17)12-2-4-13(18)5-3-12/h2-8,10H,9H2,1H3. The maximum atomic E-state index is 12.9. The lowest BCUT2D eigenvalue weighted by Gasteiger charge is -2.07. The van der Waals surface area contributed by atoms with E-state index in [0.717, 1.165) is 16.3 Å². The third-order valence-corrected chi connectivity index (χ3v) is 4.03. The first-order chi connectivity index (χ1) is 11.1. The number of Topliss-reactive ketones (excluding diaryl/α,β-unsaturated/α-hetero) is 1. The molecule has 6 heteroatoms. The van der Waals surface area contributed by atoms with Crippen molar-refractivity contribution in [2.75, 3.05) is 0 Å². The summed E-state index contributed by atoms with van der Waals surface area (Å²) < 4.78 is 18.6. The van der Waals surface area contributed by atoms with Crippen molar-refractivity contribution in [3.05, 3.63) is 64.5 Å². The van der Waals surface area contributed by atoms with Crippen molar-refractivity contribution < 1.29 is 13.9 Å². The number of rotatable bonds is 5. The zero-order valence-electron chi connectivity index (χ0n) is 12.3. The number of ketones is 1. The van der Waals surface area contributed by atoms with Gasteiger partial charge in [0.05, 0.1) is 17.5 Å². The van der Waals surface area contributed by atoms with E-state index in [1.54, 1.807) is 24.4 Å². The second kappa shape index (κ2) is 6.66. The predicted octanol–water partition coefficient (Wildman–Crippen LogP) is 4.13. The number of carbonyl (C=O) groups excluding carboxylic acids is 1. The minimum Gasteiger partial charge on any atom is -0.484 e. The molecule has 2 aromatic heterocycles. The summed E-state index contributed by atoms with van der Waals surface area (Å²) in [4.78, 5) is 20.0. The average molecular weight is 328 g/mol. The number of hydrogen-bond acceptors (Lipinski definition) is 5. The van der Waals surface area contributed by atoms with E-state index in [1.165, 1.54) is 36.6 Å². The van der Waals surface area contributed by atoms with E-state index < -0.39 is 0 Å². The summed E-state index contributed by atoms with van der Waals surface area (Å²) in [5, 5.41) is 2.66. The molecule has 0 aliphatic carbocycles. The van der Waals surface area contributed by atoms with Crippen molar-refractivity contribution in [3.63, 3.8) is 0 Å². The first-order valence-corrected chi connectivity index (χ1v) is 7.79. The molecule has 0 aliphatic heterocycles. The molecule has 0 atom stereocenters. The molecular formula is C17H13FN2O2S. The summed E-state index contributed by atoms with van der Waals surface area (Å²) in [5.74, 6) is 0.0907. The van der Waals surface area contributed by atoms with Crippen molar-refractivity contribution in [3.8, 4) is 17.0 Å². The third-order valence-electron chi connectivity index (χ3n) is 3.21. The first kappa shape index (κ1) is 15.3. The van der Waals surface area contributed by atoms with Gasteiger partial charge in [0, 0.05) is 17.1 Å². The van der Waals surface area contributed by atoms with Crippen molar-refractivity contribution in [1.82, 2.24) is 9.97 Å². The normalized spacial score (nSPS) is 10.5.